The zero-order valence-corrected chi connectivity index (χ0v) is 22.9. The molecular weight excluding hydrogens is 504 g/mol. The summed E-state index contributed by atoms with van der Waals surface area (Å²) in [7, 11) is 0. The number of rotatable bonds is 0. The first-order chi connectivity index (χ1) is 20.7. The summed E-state index contributed by atoms with van der Waals surface area (Å²) < 4.78 is 0. The van der Waals surface area contributed by atoms with Crippen molar-refractivity contribution in [1.29, 1.82) is 0 Å². The summed E-state index contributed by atoms with van der Waals surface area (Å²) in [4.78, 5) is 0. The van der Waals surface area contributed by atoms with Crippen LogP contribution in [0.1, 0.15) is 0 Å². The average Bonchev–Trinajstić information content (AvgIpc) is 3.00. The van der Waals surface area contributed by atoms with Crippen molar-refractivity contribution >= 4 is 97.0 Å². The van der Waals surface area contributed by atoms with Crippen molar-refractivity contribution in [3.05, 3.63) is 146 Å². The molecule has 0 atom stereocenters. The Hall–Kier alpha value is -5.46. The molecule has 42 heavy (non-hydrogen) atoms. The van der Waals surface area contributed by atoms with Crippen molar-refractivity contribution in [2.45, 2.75) is 0 Å². The highest BCUT2D eigenvalue weighted by Gasteiger charge is 2.08. The van der Waals surface area contributed by atoms with Gasteiger partial charge < -0.3 is 0 Å². The first-order valence-electron chi connectivity index (χ1n) is 14.6. The lowest BCUT2D eigenvalue weighted by Crippen LogP contribution is -1.83. The molecule has 10 aromatic carbocycles. The summed E-state index contributed by atoms with van der Waals surface area (Å²) in [6, 6.07) is 54.8. The van der Waals surface area contributed by atoms with Crippen LogP contribution in [0.4, 0.5) is 0 Å². The molecule has 10 rings (SSSR count). The molecule has 0 spiro atoms. The van der Waals surface area contributed by atoms with E-state index in [9.17, 15) is 0 Å². The maximum atomic E-state index is 2.37. The molecule has 10 aromatic rings. The van der Waals surface area contributed by atoms with Crippen LogP contribution in [0.15, 0.2) is 146 Å². The van der Waals surface area contributed by atoms with E-state index in [2.05, 4.69) is 146 Å². The fourth-order valence-corrected chi connectivity index (χ4v) is 7.14. The van der Waals surface area contributed by atoms with Gasteiger partial charge in [0.1, 0.15) is 0 Å². The lowest BCUT2D eigenvalue weighted by molar-refractivity contribution is 1.79. The molecule has 0 aliphatic carbocycles. The maximum Gasteiger partial charge on any atom is -0.0171 e. The van der Waals surface area contributed by atoms with Gasteiger partial charge in [0.05, 0.1) is 0 Å². The molecule has 0 unspecified atom stereocenters. The lowest BCUT2D eigenvalue weighted by Gasteiger charge is -2.10. The first kappa shape index (κ1) is 22.3. The van der Waals surface area contributed by atoms with Crippen LogP contribution in [0.2, 0.25) is 0 Å². The second kappa shape index (κ2) is 8.06. The molecule has 0 bridgehead atoms. The van der Waals surface area contributed by atoms with Gasteiger partial charge in [0.2, 0.25) is 0 Å². The quantitative estimate of drug-likeness (QED) is 0.172. The Labute approximate surface area is 242 Å². The predicted octanol–water partition coefficient (Wildman–Crippen LogP) is 12.1. The number of hydrogen-bond acceptors (Lipinski definition) is 0. The SMILES string of the molecule is c1ccc2cc3cc4cc5cc6cc7cc8cc9cc%10ccccc%10cc9cc8cc7cc6cc5cc4cc3cc2c1. The third-order valence-electron chi connectivity index (χ3n) is 9.30. The summed E-state index contributed by atoms with van der Waals surface area (Å²) in [5.41, 5.74) is 0. The van der Waals surface area contributed by atoms with Crippen LogP contribution in [-0.2, 0) is 0 Å². The standard InChI is InChI=1S/C42H24/c1-2-6-26-10-30-14-34-18-38-22-42-24-40-20-36-16-32-12-28-8-4-3-7-27(28)11-31(32)15-35(36)19-39(40)23-41(42)21-37(38)17-33(34)13-29(30)9-25(26)5-1/h1-24H. The van der Waals surface area contributed by atoms with Gasteiger partial charge in [-0.05, 0) is 194 Å². The Kier molecular flexibility index (Phi) is 4.27. The minimum Gasteiger partial charge on any atom is -0.0616 e. The molecule has 0 aliphatic heterocycles. The van der Waals surface area contributed by atoms with Crippen molar-refractivity contribution in [3.8, 4) is 0 Å². The van der Waals surface area contributed by atoms with E-state index in [0.717, 1.165) is 0 Å². The average molecular weight is 529 g/mol. The van der Waals surface area contributed by atoms with Crippen LogP contribution < -0.4 is 0 Å². The number of fused-ring (bicyclic) bond motifs is 9. The van der Waals surface area contributed by atoms with Gasteiger partial charge in [-0.3, -0.25) is 0 Å². The molecular formula is C42H24. The van der Waals surface area contributed by atoms with Gasteiger partial charge in [0.15, 0.2) is 0 Å². The Morgan fingerprint density at radius 2 is 0.262 bits per heavy atom. The normalized spacial score (nSPS) is 12.3. The van der Waals surface area contributed by atoms with Crippen molar-refractivity contribution in [2.24, 2.45) is 0 Å². The van der Waals surface area contributed by atoms with Crippen LogP contribution in [-0.4, -0.2) is 0 Å². The van der Waals surface area contributed by atoms with Gasteiger partial charge in [-0.25, -0.2) is 0 Å². The fraction of sp³-hybridized carbons (Fsp3) is 0. The Bertz CT molecular complexity index is 2400. The monoisotopic (exact) mass is 528 g/mol. The molecule has 0 heterocycles. The second-order valence-electron chi connectivity index (χ2n) is 11.9. The largest absolute Gasteiger partial charge is 0.0616 e. The fourth-order valence-electron chi connectivity index (χ4n) is 7.14. The summed E-state index contributed by atoms with van der Waals surface area (Å²) in [6.07, 6.45) is 0. The summed E-state index contributed by atoms with van der Waals surface area (Å²) in [6.45, 7) is 0. The molecule has 0 saturated heterocycles. The van der Waals surface area contributed by atoms with Crippen LogP contribution in [0.5, 0.6) is 0 Å². The summed E-state index contributed by atoms with van der Waals surface area (Å²) in [5.74, 6) is 0. The van der Waals surface area contributed by atoms with Crippen molar-refractivity contribution < 1.29 is 0 Å². The van der Waals surface area contributed by atoms with Crippen LogP contribution in [0, 0.1) is 0 Å². The minimum absolute atomic E-state index is 1.28. The summed E-state index contributed by atoms with van der Waals surface area (Å²) in [5, 5.41) is 23.2. The number of hydrogen-bond donors (Lipinski definition) is 0. The topological polar surface area (TPSA) is 0 Å². The zero-order chi connectivity index (χ0) is 27.4. The minimum atomic E-state index is 1.28. The third kappa shape index (κ3) is 3.30. The Morgan fingerprint density at radius 3 is 0.405 bits per heavy atom. The number of benzene rings is 10. The highest BCUT2D eigenvalue weighted by molar-refractivity contribution is 6.14. The van der Waals surface area contributed by atoms with Gasteiger partial charge in [-0.1, -0.05) is 48.5 Å². The van der Waals surface area contributed by atoms with Crippen LogP contribution in [0.25, 0.3) is 97.0 Å². The molecule has 0 amide bonds. The molecule has 0 N–H and O–H groups in total. The van der Waals surface area contributed by atoms with Crippen LogP contribution >= 0.6 is 0 Å². The van der Waals surface area contributed by atoms with Crippen molar-refractivity contribution in [3.63, 3.8) is 0 Å². The maximum absolute atomic E-state index is 2.37. The van der Waals surface area contributed by atoms with E-state index >= 15 is 0 Å². The molecule has 0 heteroatoms. The predicted molar refractivity (Wildman–Crippen MR) is 184 cm³/mol. The van der Waals surface area contributed by atoms with Gasteiger partial charge >= 0.3 is 0 Å². The summed E-state index contributed by atoms with van der Waals surface area (Å²) >= 11 is 0. The highest BCUT2D eigenvalue weighted by atomic mass is 14.1. The van der Waals surface area contributed by atoms with E-state index in [4.69, 9.17) is 0 Å². The molecule has 0 aromatic heterocycles. The lowest BCUT2D eigenvalue weighted by atomic mass is 9.94. The second-order valence-corrected chi connectivity index (χ2v) is 11.9. The molecule has 0 saturated carbocycles. The van der Waals surface area contributed by atoms with Crippen LogP contribution in [0.3, 0.4) is 0 Å². The van der Waals surface area contributed by atoms with Gasteiger partial charge in [-0.2, -0.15) is 0 Å². The van der Waals surface area contributed by atoms with E-state index in [1.54, 1.807) is 0 Å². The molecule has 0 fully saturated rings. The Balaban J connectivity index is 1.18. The molecule has 0 radical (unpaired) electrons. The van der Waals surface area contributed by atoms with E-state index in [0.29, 0.717) is 0 Å². The van der Waals surface area contributed by atoms with Crippen molar-refractivity contribution in [1.82, 2.24) is 0 Å². The van der Waals surface area contributed by atoms with E-state index in [1.807, 2.05) is 0 Å². The van der Waals surface area contributed by atoms with Gasteiger partial charge in [-0.15, -0.1) is 0 Å². The first-order valence-corrected chi connectivity index (χ1v) is 14.6. The molecule has 192 valence electrons. The third-order valence-corrected chi connectivity index (χ3v) is 9.30. The van der Waals surface area contributed by atoms with E-state index in [-0.39, 0.29) is 0 Å². The van der Waals surface area contributed by atoms with Gasteiger partial charge in [0.25, 0.3) is 0 Å². The van der Waals surface area contributed by atoms with E-state index in [1.165, 1.54) is 97.0 Å². The molecule has 0 aliphatic rings. The highest BCUT2D eigenvalue weighted by Crippen LogP contribution is 2.35. The molecule has 0 nitrogen and oxygen atoms in total. The van der Waals surface area contributed by atoms with Gasteiger partial charge in [0, 0.05) is 0 Å². The smallest absolute Gasteiger partial charge is 0.0171 e. The van der Waals surface area contributed by atoms with Crippen molar-refractivity contribution in [2.75, 3.05) is 0 Å². The zero-order valence-electron chi connectivity index (χ0n) is 22.9. The Morgan fingerprint density at radius 1 is 0.143 bits per heavy atom. The van der Waals surface area contributed by atoms with E-state index < -0.39 is 0 Å².